The fraction of sp³-hybridized carbons (Fsp3) is 0.368. The Morgan fingerprint density at radius 1 is 0.962 bits per heavy atom. The van der Waals surface area contributed by atoms with Gasteiger partial charge in [-0.3, -0.25) is 4.31 Å². The molecular weight excluding hydrogens is 370 g/mol. The van der Waals surface area contributed by atoms with Crippen LogP contribution in [0.3, 0.4) is 0 Å². The van der Waals surface area contributed by atoms with Gasteiger partial charge < -0.3 is 0 Å². The van der Waals surface area contributed by atoms with E-state index in [4.69, 9.17) is 0 Å². The van der Waals surface area contributed by atoms with Gasteiger partial charge in [0.15, 0.2) is 9.84 Å². The van der Waals surface area contributed by atoms with Crippen molar-refractivity contribution < 1.29 is 16.8 Å². The van der Waals surface area contributed by atoms with Gasteiger partial charge >= 0.3 is 0 Å². The second-order valence-corrected chi connectivity index (χ2v) is 10.9. The molecule has 0 spiro atoms. The Bertz CT molecular complexity index is 1030. The maximum Gasteiger partial charge on any atom is 0.264 e. The van der Waals surface area contributed by atoms with Crippen LogP contribution in [0.2, 0.25) is 0 Å². The summed E-state index contributed by atoms with van der Waals surface area (Å²) >= 11 is 0. The van der Waals surface area contributed by atoms with Crippen LogP contribution in [0.1, 0.15) is 23.1 Å². The number of rotatable bonds is 4. The van der Waals surface area contributed by atoms with Crippen LogP contribution >= 0.6 is 0 Å². The minimum Gasteiger partial charge on any atom is -0.262 e. The van der Waals surface area contributed by atoms with Crippen LogP contribution in [0.5, 0.6) is 0 Å². The lowest BCUT2D eigenvalue weighted by Crippen LogP contribution is -2.41. The van der Waals surface area contributed by atoms with E-state index >= 15 is 0 Å². The quantitative estimate of drug-likeness (QED) is 0.801. The summed E-state index contributed by atoms with van der Waals surface area (Å²) in [6.45, 7) is 5.59. The number of benzene rings is 2. The van der Waals surface area contributed by atoms with E-state index in [2.05, 4.69) is 0 Å². The van der Waals surface area contributed by atoms with E-state index in [9.17, 15) is 16.8 Å². The van der Waals surface area contributed by atoms with E-state index in [-0.39, 0.29) is 16.4 Å². The zero-order valence-electron chi connectivity index (χ0n) is 15.1. The monoisotopic (exact) mass is 393 g/mol. The van der Waals surface area contributed by atoms with Gasteiger partial charge in [0, 0.05) is 0 Å². The Labute approximate surface area is 155 Å². The average Bonchev–Trinajstić information content (AvgIpc) is 2.91. The van der Waals surface area contributed by atoms with Crippen LogP contribution < -0.4 is 4.31 Å². The molecule has 3 rings (SSSR count). The molecular formula is C19H23NO4S2. The summed E-state index contributed by atoms with van der Waals surface area (Å²) < 4.78 is 52.4. The average molecular weight is 394 g/mol. The molecule has 1 heterocycles. The number of aryl methyl sites for hydroxylation is 3. The van der Waals surface area contributed by atoms with Gasteiger partial charge in [-0.15, -0.1) is 0 Å². The molecule has 2 aromatic rings. The third-order valence-electron chi connectivity index (χ3n) is 4.88. The molecule has 1 saturated heterocycles. The first kappa shape index (κ1) is 18.9. The van der Waals surface area contributed by atoms with Gasteiger partial charge in [-0.25, -0.2) is 16.8 Å². The summed E-state index contributed by atoms with van der Waals surface area (Å²) in [6, 6.07) is 11.7. The molecule has 5 nitrogen and oxygen atoms in total. The molecule has 2 aromatic carbocycles. The van der Waals surface area contributed by atoms with Crippen LogP contribution in [0.25, 0.3) is 0 Å². The molecule has 0 N–H and O–H groups in total. The van der Waals surface area contributed by atoms with Crippen molar-refractivity contribution in [3.05, 3.63) is 59.2 Å². The number of hydrogen-bond donors (Lipinski definition) is 0. The van der Waals surface area contributed by atoms with Crippen LogP contribution in [-0.4, -0.2) is 34.4 Å². The number of anilines is 1. The lowest BCUT2D eigenvalue weighted by molar-refractivity contribution is 0.579. The van der Waals surface area contributed by atoms with E-state index in [1.807, 2.05) is 19.9 Å². The van der Waals surface area contributed by atoms with Gasteiger partial charge in [-0.05, 0) is 62.1 Å². The van der Waals surface area contributed by atoms with Gasteiger partial charge in [-0.1, -0.05) is 24.3 Å². The Kier molecular flexibility index (Phi) is 4.88. The first-order chi connectivity index (χ1) is 12.1. The van der Waals surface area contributed by atoms with E-state index in [0.717, 1.165) is 11.1 Å². The molecule has 1 fully saturated rings. The molecule has 0 unspecified atom stereocenters. The number of sulfonamides is 1. The summed E-state index contributed by atoms with van der Waals surface area (Å²) in [7, 11) is -7.11. The zero-order valence-corrected chi connectivity index (χ0v) is 16.8. The molecule has 26 heavy (non-hydrogen) atoms. The summed E-state index contributed by atoms with van der Waals surface area (Å²) in [5, 5.41) is 0. The first-order valence-corrected chi connectivity index (χ1v) is 11.8. The van der Waals surface area contributed by atoms with E-state index in [1.54, 1.807) is 43.3 Å². The van der Waals surface area contributed by atoms with Crippen molar-refractivity contribution >= 4 is 25.5 Å². The standard InChI is InChI=1S/C19H23NO4S2/c1-14-11-16(3)19(12-15(14)2)26(23,24)20(17-7-5-4-6-8-17)18-9-10-25(21,22)13-18/h4-8,11-12,18H,9-10,13H2,1-3H3/t18-/m0/s1. The topological polar surface area (TPSA) is 71.5 Å². The summed E-state index contributed by atoms with van der Waals surface area (Å²) in [6.07, 6.45) is 0.306. The molecule has 0 radical (unpaired) electrons. The van der Waals surface area contributed by atoms with Gasteiger partial charge in [0.25, 0.3) is 10.0 Å². The second-order valence-electron chi connectivity index (χ2n) is 6.90. The van der Waals surface area contributed by atoms with Crippen molar-refractivity contribution in [2.75, 3.05) is 15.8 Å². The van der Waals surface area contributed by atoms with E-state index < -0.39 is 25.9 Å². The van der Waals surface area contributed by atoms with E-state index in [1.165, 1.54) is 4.31 Å². The highest BCUT2D eigenvalue weighted by Gasteiger charge is 2.39. The summed E-state index contributed by atoms with van der Waals surface area (Å²) in [5.41, 5.74) is 3.07. The van der Waals surface area contributed by atoms with Crippen LogP contribution in [-0.2, 0) is 19.9 Å². The maximum absolute atomic E-state index is 13.5. The number of nitrogens with zero attached hydrogens (tertiary/aromatic N) is 1. The van der Waals surface area contributed by atoms with Crippen molar-refractivity contribution in [2.45, 2.75) is 38.1 Å². The minimum atomic E-state index is -3.89. The predicted molar refractivity (Wildman–Crippen MR) is 104 cm³/mol. The molecule has 1 aliphatic heterocycles. The van der Waals surface area contributed by atoms with E-state index in [0.29, 0.717) is 17.7 Å². The number of hydrogen-bond acceptors (Lipinski definition) is 4. The zero-order chi connectivity index (χ0) is 19.1. The van der Waals surface area contributed by atoms with Gasteiger partial charge in [0.2, 0.25) is 0 Å². The molecule has 1 atom stereocenters. The number of para-hydroxylation sites is 1. The third-order valence-corrected chi connectivity index (χ3v) is 8.65. The molecule has 0 aliphatic carbocycles. The predicted octanol–water partition coefficient (Wildman–Crippen LogP) is 2.99. The fourth-order valence-electron chi connectivity index (χ4n) is 3.40. The Balaban J connectivity index is 2.17. The highest BCUT2D eigenvalue weighted by Crippen LogP contribution is 2.32. The highest BCUT2D eigenvalue weighted by atomic mass is 32.2. The highest BCUT2D eigenvalue weighted by molar-refractivity contribution is 7.93. The van der Waals surface area contributed by atoms with Gasteiger partial charge in [0.05, 0.1) is 28.1 Å². The summed E-state index contributed by atoms with van der Waals surface area (Å²) in [4.78, 5) is 0.230. The van der Waals surface area contributed by atoms with Crippen molar-refractivity contribution in [1.29, 1.82) is 0 Å². The Morgan fingerprint density at radius 3 is 2.15 bits per heavy atom. The largest absolute Gasteiger partial charge is 0.264 e. The second kappa shape index (κ2) is 6.70. The first-order valence-electron chi connectivity index (χ1n) is 8.49. The molecule has 1 aliphatic rings. The maximum atomic E-state index is 13.5. The lowest BCUT2D eigenvalue weighted by atomic mass is 10.1. The Hall–Kier alpha value is -1.86. The molecule has 0 bridgehead atoms. The smallest absolute Gasteiger partial charge is 0.262 e. The lowest BCUT2D eigenvalue weighted by Gasteiger charge is -2.30. The third kappa shape index (κ3) is 3.50. The van der Waals surface area contributed by atoms with Crippen molar-refractivity contribution in [1.82, 2.24) is 0 Å². The molecule has 0 saturated carbocycles. The van der Waals surface area contributed by atoms with Crippen LogP contribution in [0.4, 0.5) is 5.69 Å². The molecule has 140 valence electrons. The fourth-order valence-corrected chi connectivity index (χ4v) is 7.17. The van der Waals surface area contributed by atoms with Crippen LogP contribution in [0.15, 0.2) is 47.4 Å². The summed E-state index contributed by atoms with van der Waals surface area (Å²) in [5.74, 6) is -0.132. The minimum absolute atomic E-state index is 0.0163. The van der Waals surface area contributed by atoms with Crippen molar-refractivity contribution in [3.63, 3.8) is 0 Å². The SMILES string of the molecule is Cc1cc(C)c(S(=O)(=O)N(c2ccccc2)[C@H]2CCS(=O)(=O)C2)cc1C. The van der Waals surface area contributed by atoms with Crippen molar-refractivity contribution in [3.8, 4) is 0 Å². The Morgan fingerprint density at radius 2 is 1.58 bits per heavy atom. The normalized spacial score (nSPS) is 19.4. The molecule has 0 amide bonds. The number of sulfone groups is 1. The van der Waals surface area contributed by atoms with Crippen LogP contribution in [0, 0.1) is 20.8 Å². The van der Waals surface area contributed by atoms with Gasteiger partial charge in [-0.2, -0.15) is 0 Å². The molecule has 0 aromatic heterocycles. The van der Waals surface area contributed by atoms with Gasteiger partial charge in [0.1, 0.15) is 0 Å². The molecule has 7 heteroatoms. The van der Waals surface area contributed by atoms with Crippen molar-refractivity contribution in [2.24, 2.45) is 0 Å².